The Morgan fingerprint density at radius 3 is 2.45 bits per heavy atom. The molecule has 5 rings (SSSR count). The molecule has 0 aliphatic carbocycles. The van der Waals surface area contributed by atoms with E-state index in [1.807, 2.05) is 37.3 Å². The molecule has 212 valence electrons. The third-order valence-corrected chi connectivity index (χ3v) is 7.39. The lowest BCUT2D eigenvalue weighted by Crippen LogP contribution is -2.45. The number of nitrogens with zero attached hydrogens (tertiary/aromatic N) is 1. The van der Waals surface area contributed by atoms with Gasteiger partial charge in [-0.05, 0) is 80.4 Å². The molecule has 0 bridgehead atoms. The first-order valence-corrected chi connectivity index (χ1v) is 13.3. The van der Waals surface area contributed by atoms with E-state index in [0.29, 0.717) is 25.1 Å². The summed E-state index contributed by atoms with van der Waals surface area (Å²) in [5, 5.41) is 29.0. The zero-order valence-electron chi connectivity index (χ0n) is 23.0. The number of hydrogen-bond acceptors (Lipinski definition) is 6. The highest BCUT2D eigenvalue weighted by molar-refractivity contribution is 6.27. The summed E-state index contributed by atoms with van der Waals surface area (Å²) in [4.78, 5) is 23.9. The third-order valence-electron chi connectivity index (χ3n) is 7.39. The van der Waals surface area contributed by atoms with Crippen LogP contribution in [-0.4, -0.2) is 76.1 Å². The molecule has 9 heteroatoms. The minimum Gasteiger partial charge on any atom is -0.496 e. The van der Waals surface area contributed by atoms with Crippen LogP contribution in [0.2, 0.25) is 0 Å². The number of aromatic amines is 1. The van der Waals surface area contributed by atoms with Gasteiger partial charge in [0.25, 0.3) is 0 Å². The van der Waals surface area contributed by atoms with E-state index in [1.54, 1.807) is 7.11 Å². The second-order valence-corrected chi connectivity index (χ2v) is 10.3. The van der Waals surface area contributed by atoms with E-state index >= 15 is 0 Å². The van der Waals surface area contributed by atoms with Crippen LogP contribution in [0.5, 0.6) is 11.5 Å². The van der Waals surface area contributed by atoms with Gasteiger partial charge in [0, 0.05) is 34.6 Å². The van der Waals surface area contributed by atoms with Crippen molar-refractivity contribution in [2.45, 2.75) is 44.8 Å². The van der Waals surface area contributed by atoms with E-state index < -0.39 is 18.0 Å². The number of fused-ring (bicyclic) bond motifs is 2. The number of aliphatic carboxylic acids is 2. The number of benzene rings is 3. The lowest BCUT2D eigenvalue weighted by atomic mass is 9.85. The normalized spacial score (nSPS) is 18.1. The predicted octanol–water partition coefficient (Wildman–Crippen LogP) is 4.80. The van der Waals surface area contributed by atoms with Crippen molar-refractivity contribution < 1.29 is 34.4 Å². The Morgan fingerprint density at radius 1 is 1.02 bits per heavy atom. The number of β-amino-alcohol motifs (C(OH)–C–C–N with tert-alkyl or cyclic N) is 1. The van der Waals surface area contributed by atoms with Crippen molar-refractivity contribution in [1.82, 2.24) is 9.88 Å². The van der Waals surface area contributed by atoms with E-state index in [2.05, 4.69) is 47.1 Å². The molecule has 3 atom stereocenters. The molecule has 4 N–H and O–H groups in total. The molecule has 1 saturated heterocycles. The van der Waals surface area contributed by atoms with Crippen LogP contribution in [0.25, 0.3) is 21.7 Å². The van der Waals surface area contributed by atoms with Gasteiger partial charge in [-0.15, -0.1) is 0 Å². The van der Waals surface area contributed by atoms with Gasteiger partial charge in [-0.2, -0.15) is 0 Å². The highest BCUT2D eigenvalue weighted by atomic mass is 16.5. The molecular formula is C31H36N2O7. The van der Waals surface area contributed by atoms with Crippen LogP contribution in [0.15, 0.2) is 60.7 Å². The summed E-state index contributed by atoms with van der Waals surface area (Å²) >= 11 is 0. The van der Waals surface area contributed by atoms with Gasteiger partial charge in [-0.1, -0.05) is 30.3 Å². The van der Waals surface area contributed by atoms with Crippen molar-refractivity contribution >= 4 is 33.6 Å². The first kappa shape index (κ1) is 28.9. The van der Waals surface area contributed by atoms with Crippen LogP contribution in [0.4, 0.5) is 0 Å². The van der Waals surface area contributed by atoms with E-state index in [1.165, 1.54) is 16.3 Å². The summed E-state index contributed by atoms with van der Waals surface area (Å²) in [6.45, 7) is 6.20. The van der Waals surface area contributed by atoms with Gasteiger partial charge >= 0.3 is 11.9 Å². The molecule has 2 unspecified atom stereocenters. The minimum absolute atomic E-state index is 0.292. The van der Waals surface area contributed by atoms with Gasteiger partial charge < -0.3 is 29.8 Å². The number of likely N-dealkylation sites (tertiary alicyclic amines) is 1. The molecule has 3 aromatic carbocycles. The summed E-state index contributed by atoms with van der Waals surface area (Å²) in [6, 6.07) is 21.5. The molecule has 4 aromatic rings. The topological polar surface area (TPSA) is 132 Å². The molecule has 0 radical (unpaired) electrons. The molecule has 1 aliphatic rings. The number of ether oxygens (including phenoxy) is 2. The number of aliphatic hydroxyl groups is 1. The Balaban J connectivity index is 0.000000557. The number of nitrogens with one attached hydrogen (secondary N) is 1. The zero-order valence-corrected chi connectivity index (χ0v) is 23.0. The Morgan fingerprint density at radius 2 is 1.75 bits per heavy atom. The second kappa shape index (κ2) is 12.8. The van der Waals surface area contributed by atoms with Crippen molar-refractivity contribution in [3.8, 4) is 11.5 Å². The smallest absolute Gasteiger partial charge is 0.414 e. The Hall–Kier alpha value is -4.08. The van der Waals surface area contributed by atoms with Crippen LogP contribution in [0.1, 0.15) is 36.9 Å². The lowest BCUT2D eigenvalue weighted by Gasteiger charge is -2.39. The summed E-state index contributed by atoms with van der Waals surface area (Å²) in [6.07, 6.45) is 1.63. The first-order valence-electron chi connectivity index (χ1n) is 13.3. The second-order valence-electron chi connectivity index (χ2n) is 10.3. The maximum Gasteiger partial charge on any atom is 0.414 e. The van der Waals surface area contributed by atoms with Crippen molar-refractivity contribution in [1.29, 1.82) is 0 Å². The molecule has 0 amide bonds. The Labute approximate surface area is 232 Å². The summed E-state index contributed by atoms with van der Waals surface area (Å²) in [7, 11) is 1.73. The maximum absolute atomic E-state index is 10.7. The molecular weight excluding hydrogens is 512 g/mol. The number of piperidine rings is 1. The van der Waals surface area contributed by atoms with Crippen LogP contribution in [0.3, 0.4) is 0 Å². The SMILES string of the molecule is COc1cccc2ccc(C3CCN(CC(O)COc4cccc5[nH]c(C)cc45)[C@@H](C)C3)cc12.O=C(O)C(=O)O. The highest BCUT2D eigenvalue weighted by Gasteiger charge is 2.28. The number of carbonyl (C=O) groups is 2. The van der Waals surface area contributed by atoms with Gasteiger partial charge in [-0.3, -0.25) is 4.90 Å². The van der Waals surface area contributed by atoms with Gasteiger partial charge in [0.05, 0.1) is 7.11 Å². The lowest BCUT2D eigenvalue weighted by molar-refractivity contribution is -0.159. The van der Waals surface area contributed by atoms with Gasteiger partial charge in [-0.25, -0.2) is 9.59 Å². The van der Waals surface area contributed by atoms with Crippen molar-refractivity contribution in [3.63, 3.8) is 0 Å². The van der Waals surface area contributed by atoms with Crippen LogP contribution < -0.4 is 9.47 Å². The van der Waals surface area contributed by atoms with E-state index in [0.717, 1.165) is 47.5 Å². The standard InChI is InChI=1S/C29H34N2O3.C2H2O4/c1-19-14-26-27(30-19)7-5-9-29(26)34-18-24(32)17-31-13-12-23(15-20(31)2)22-11-10-21-6-4-8-28(33-3)25(21)16-22;3-1(4)2(5)6/h4-11,14,16,20,23-24,30,32H,12-13,15,17-18H2,1-3H3;(H,3,4)(H,5,6)/t20-,23?,24?;/m0./s1. The number of aryl methyl sites for hydroxylation is 1. The van der Waals surface area contributed by atoms with Gasteiger partial charge in [0.2, 0.25) is 0 Å². The molecule has 1 aliphatic heterocycles. The number of hydrogen-bond donors (Lipinski definition) is 4. The van der Waals surface area contributed by atoms with Crippen molar-refractivity contribution in [2.24, 2.45) is 0 Å². The van der Waals surface area contributed by atoms with Gasteiger partial charge in [0.15, 0.2) is 0 Å². The quantitative estimate of drug-likeness (QED) is 0.242. The van der Waals surface area contributed by atoms with Crippen molar-refractivity contribution in [3.05, 3.63) is 71.9 Å². The number of aromatic nitrogens is 1. The zero-order chi connectivity index (χ0) is 28.8. The Bertz CT molecular complexity index is 1470. The fourth-order valence-electron chi connectivity index (χ4n) is 5.39. The molecule has 9 nitrogen and oxygen atoms in total. The maximum atomic E-state index is 10.7. The largest absolute Gasteiger partial charge is 0.496 e. The molecule has 0 saturated carbocycles. The number of H-pyrrole nitrogens is 1. The summed E-state index contributed by atoms with van der Waals surface area (Å²) in [5.41, 5.74) is 3.54. The Kier molecular flexibility index (Phi) is 9.29. The molecule has 1 aromatic heterocycles. The van der Waals surface area contributed by atoms with Crippen LogP contribution in [-0.2, 0) is 9.59 Å². The van der Waals surface area contributed by atoms with Crippen LogP contribution in [0, 0.1) is 6.92 Å². The van der Waals surface area contributed by atoms with Crippen LogP contribution >= 0.6 is 0 Å². The number of methoxy groups -OCH3 is 1. The minimum atomic E-state index is -1.82. The van der Waals surface area contributed by atoms with E-state index in [-0.39, 0.29) is 0 Å². The average Bonchev–Trinajstić information content (AvgIpc) is 3.33. The summed E-state index contributed by atoms with van der Waals surface area (Å²) < 4.78 is 11.6. The number of rotatable bonds is 7. The third kappa shape index (κ3) is 6.91. The number of carboxylic acid groups (broad SMARTS) is 2. The number of aliphatic hydroxyl groups excluding tert-OH is 1. The molecule has 1 fully saturated rings. The van der Waals surface area contributed by atoms with Gasteiger partial charge in [0.1, 0.15) is 24.2 Å². The molecule has 40 heavy (non-hydrogen) atoms. The average molecular weight is 549 g/mol. The van der Waals surface area contributed by atoms with E-state index in [4.69, 9.17) is 29.3 Å². The molecule has 2 heterocycles. The molecule has 0 spiro atoms. The number of carboxylic acids is 2. The van der Waals surface area contributed by atoms with Crippen molar-refractivity contribution in [2.75, 3.05) is 26.8 Å². The highest BCUT2D eigenvalue weighted by Crippen LogP contribution is 2.35. The fourth-order valence-corrected chi connectivity index (χ4v) is 5.39. The van der Waals surface area contributed by atoms with E-state index in [9.17, 15) is 5.11 Å². The summed E-state index contributed by atoms with van der Waals surface area (Å²) in [5.74, 6) is -1.38. The fraction of sp³-hybridized carbons (Fsp3) is 0.355. The predicted molar refractivity (Wildman–Crippen MR) is 153 cm³/mol. The monoisotopic (exact) mass is 548 g/mol. The first-order chi connectivity index (χ1) is 19.2.